The van der Waals surface area contributed by atoms with E-state index < -0.39 is 0 Å². The summed E-state index contributed by atoms with van der Waals surface area (Å²) in [5.41, 5.74) is -0.0888. The van der Waals surface area contributed by atoms with E-state index in [0.717, 1.165) is 31.1 Å². The fraction of sp³-hybridized carbons (Fsp3) is 0.941. The monoisotopic (exact) mass is 355 g/mol. The van der Waals surface area contributed by atoms with Crippen molar-refractivity contribution in [1.82, 2.24) is 5.32 Å². The quantitative estimate of drug-likeness (QED) is 0.768. The maximum atomic E-state index is 13.1. The van der Waals surface area contributed by atoms with E-state index in [1.807, 2.05) is 0 Å². The first-order valence-electron chi connectivity index (χ1n) is 8.51. The molecule has 5 aliphatic carbocycles. The van der Waals surface area contributed by atoms with Crippen LogP contribution < -0.4 is 5.32 Å². The zero-order valence-electron chi connectivity index (χ0n) is 12.9. The molecule has 118 valence electrons. The van der Waals surface area contributed by atoms with Crippen LogP contribution in [0, 0.1) is 23.2 Å². The molecule has 0 aromatic heterocycles. The number of amides is 1. The Morgan fingerprint density at radius 1 is 1.29 bits per heavy atom. The number of methoxy groups -OCH3 is 1. The van der Waals surface area contributed by atoms with Crippen LogP contribution in [0.1, 0.15) is 51.4 Å². The summed E-state index contributed by atoms with van der Waals surface area (Å²) in [6.07, 6.45) is 9.69. The van der Waals surface area contributed by atoms with Crippen molar-refractivity contribution in [3.63, 3.8) is 0 Å². The number of rotatable bonds is 5. The Bertz CT molecular complexity index is 434. The molecule has 3 atom stereocenters. The van der Waals surface area contributed by atoms with E-state index in [1.54, 1.807) is 7.11 Å². The lowest BCUT2D eigenvalue weighted by Crippen LogP contribution is -2.59. The van der Waals surface area contributed by atoms with Gasteiger partial charge in [0.2, 0.25) is 5.91 Å². The molecule has 5 saturated carbocycles. The molecule has 0 aliphatic heterocycles. The predicted molar refractivity (Wildman–Crippen MR) is 85.3 cm³/mol. The summed E-state index contributed by atoms with van der Waals surface area (Å²) in [5, 5.41) is 3.37. The van der Waals surface area contributed by atoms with E-state index in [1.165, 1.54) is 32.1 Å². The molecule has 5 fully saturated rings. The molecule has 0 unspecified atom stereocenters. The Morgan fingerprint density at radius 2 is 1.95 bits per heavy atom. The molecule has 0 aromatic rings. The SMILES string of the molecule is COC[C@@H](NC(=O)C12C[C@H]3C[C@@H](CC(Br)(C3)C1)C2)C1CC1. The second-order valence-electron chi connectivity index (χ2n) is 8.26. The third-order valence-electron chi connectivity index (χ3n) is 6.33. The van der Waals surface area contributed by atoms with Crippen molar-refractivity contribution >= 4 is 21.8 Å². The van der Waals surface area contributed by atoms with Gasteiger partial charge in [0.25, 0.3) is 0 Å². The molecule has 4 heteroatoms. The third kappa shape index (κ3) is 2.56. The number of halogens is 1. The molecule has 5 rings (SSSR count). The molecule has 5 aliphatic rings. The van der Waals surface area contributed by atoms with Gasteiger partial charge in [0.1, 0.15) is 0 Å². The smallest absolute Gasteiger partial charge is 0.226 e. The molecular formula is C17H26BrNO2. The number of hydrogen-bond acceptors (Lipinski definition) is 2. The van der Waals surface area contributed by atoms with Gasteiger partial charge < -0.3 is 10.1 Å². The fourth-order valence-electron chi connectivity index (χ4n) is 5.71. The Morgan fingerprint density at radius 3 is 2.48 bits per heavy atom. The van der Waals surface area contributed by atoms with Gasteiger partial charge in [-0.1, -0.05) is 15.9 Å². The molecule has 1 N–H and O–H groups in total. The minimum absolute atomic E-state index is 0.0888. The molecule has 0 spiro atoms. The van der Waals surface area contributed by atoms with Crippen LogP contribution in [0.4, 0.5) is 0 Å². The van der Waals surface area contributed by atoms with Gasteiger partial charge in [-0.05, 0) is 69.1 Å². The molecule has 3 nitrogen and oxygen atoms in total. The van der Waals surface area contributed by atoms with E-state index in [2.05, 4.69) is 21.2 Å². The second kappa shape index (κ2) is 4.95. The first-order chi connectivity index (χ1) is 10.0. The van der Waals surface area contributed by atoms with Crippen LogP contribution in [-0.2, 0) is 9.53 Å². The number of carbonyl (C=O) groups excluding carboxylic acids is 1. The highest BCUT2D eigenvalue weighted by atomic mass is 79.9. The predicted octanol–water partition coefficient (Wildman–Crippen LogP) is 3.26. The van der Waals surface area contributed by atoms with Crippen LogP contribution >= 0.6 is 15.9 Å². The third-order valence-corrected chi connectivity index (χ3v) is 7.25. The van der Waals surface area contributed by atoms with E-state index in [9.17, 15) is 4.79 Å². The zero-order valence-corrected chi connectivity index (χ0v) is 14.5. The molecule has 4 bridgehead atoms. The summed E-state index contributed by atoms with van der Waals surface area (Å²) in [7, 11) is 1.74. The maximum absolute atomic E-state index is 13.1. The minimum atomic E-state index is -0.0888. The van der Waals surface area contributed by atoms with E-state index in [4.69, 9.17) is 4.74 Å². The number of alkyl halides is 1. The first-order valence-corrected chi connectivity index (χ1v) is 9.30. The Kier molecular flexibility index (Phi) is 3.42. The highest BCUT2D eigenvalue weighted by Gasteiger charge is 2.60. The van der Waals surface area contributed by atoms with Gasteiger partial charge in [0.05, 0.1) is 18.1 Å². The lowest BCUT2D eigenvalue weighted by Gasteiger charge is -2.59. The lowest BCUT2D eigenvalue weighted by atomic mass is 9.49. The topological polar surface area (TPSA) is 38.3 Å². The van der Waals surface area contributed by atoms with Crippen molar-refractivity contribution in [1.29, 1.82) is 0 Å². The maximum Gasteiger partial charge on any atom is 0.226 e. The Labute approximate surface area is 135 Å². The van der Waals surface area contributed by atoms with Crippen LogP contribution in [0.25, 0.3) is 0 Å². The summed E-state index contributed by atoms with van der Waals surface area (Å²) >= 11 is 3.99. The van der Waals surface area contributed by atoms with E-state index >= 15 is 0 Å². The van der Waals surface area contributed by atoms with Gasteiger partial charge in [-0.15, -0.1) is 0 Å². The zero-order chi connectivity index (χ0) is 14.7. The van der Waals surface area contributed by atoms with Crippen molar-refractivity contribution < 1.29 is 9.53 Å². The van der Waals surface area contributed by atoms with Crippen molar-refractivity contribution in [2.24, 2.45) is 23.2 Å². The highest BCUT2D eigenvalue weighted by molar-refractivity contribution is 9.10. The standard InChI is InChI=1S/C17H26BrNO2/c1-21-9-14(13-2-3-13)19-15(20)16-5-11-4-12(6-16)8-17(18,7-11)10-16/h11-14H,2-10H2,1H3,(H,19,20)/t11-,12-,14-,16?,17?/m1/s1. The number of carbonyl (C=O) groups is 1. The second-order valence-corrected chi connectivity index (χ2v) is 9.95. The average Bonchev–Trinajstić information content (AvgIpc) is 3.19. The van der Waals surface area contributed by atoms with Crippen molar-refractivity contribution in [3.8, 4) is 0 Å². The number of hydrogen-bond donors (Lipinski definition) is 1. The van der Waals surface area contributed by atoms with E-state index in [-0.39, 0.29) is 15.8 Å². The molecule has 0 radical (unpaired) electrons. The van der Waals surface area contributed by atoms with Crippen LogP contribution in [0.5, 0.6) is 0 Å². The summed E-state index contributed by atoms with van der Waals surface area (Å²) < 4.78 is 5.58. The van der Waals surface area contributed by atoms with Crippen molar-refractivity contribution in [3.05, 3.63) is 0 Å². The van der Waals surface area contributed by atoms with Crippen molar-refractivity contribution in [2.75, 3.05) is 13.7 Å². The first kappa shape index (κ1) is 14.5. The highest BCUT2D eigenvalue weighted by Crippen LogP contribution is 2.64. The normalized spacial score (nSPS) is 45.6. The van der Waals surface area contributed by atoms with Gasteiger partial charge in [-0.2, -0.15) is 0 Å². The van der Waals surface area contributed by atoms with Crippen LogP contribution in [-0.4, -0.2) is 30.0 Å². The van der Waals surface area contributed by atoms with Gasteiger partial charge in [0.15, 0.2) is 0 Å². The Balaban J connectivity index is 1.50. The summed E-state index contributed by atoms with van der Waals surface area (Å²) in [4.78, 5) is 13.1. The molecule has 0 heterocycles. The molecule has 21 heavy (non-hydrogen) atoms. The molecule has 1 amide bonds. The van der Waals surface area contributed by atoms with Gasteiger partial charge in [0, 0.05) is 11.4 Å². The van der Waals surface area contributed by atoms with E-state index in [0.29, 0.717) is 18.4 Å². The molecule has 0 saturated heterocycles. The summed E-state index contributed by atoms with van der Waals surface area (Å²) in [6.45, 7) is 0.665. The average molecular weight is 356 g/mol. The lowest BCUT2D eigenvalue weighted by molar-refractivity contribution is -0.145. The van der Waals surface area contributed by atoms with Crippen LogP contribution in [0.15, 0.2) is 0 Å². The minimum Gasteiger partial charge on any atom is -0.383 e. The number of nitrogens with one attached hydrogen (secondary N) is 1. The molecular weight excluding hydrogens is 330 g/mol. The number of ether oxygens (including phenoxy) is 1. The largest absolute Gasteiger partial charge is 0.383 e. The Hall–Kier alpha value is -0.0900. The molecule has 0 aromatic carbocycles. The fourth-order valence-corrected chi connectivity index (χ4v) is 7.16. The summed E-state index contributed by atoms with van der Waals surface area (Å²) in [5.74, 6) is 2.51. The van der Waals surface area contributed by atoms with Crippen LogP contribution in [0.3, 0.4) is 0 Å². The van der Waals surface area contributed by atoms with Gasteiger partial charge in [-0.3, -0.25) is 4.79 Å². The van der Waals surface area contributed by atoms with Gasteiger partial charge in [-0.25, -0.2) is 0 Å². The summed E-state index contributed by atoms with van der Waals surface area (Å²) in [6, 6.07) is 0.238. The van der Waals surface area contributed by atoms with Crippen LogP contribution in [0.2, 0.25) is 0 Å². The van der Waals surface area contributed by atoms with Crippen molar-refractivity contribution in [2.45, 2.75) is 61.7 Å². The van der Waals surface area contributed by atoms with Gasteiger partial charge >= 0.3 is 0 Å².